The van der Waals surface area contributed by atoms with Crippen molar-refractivity contribution >= 4 is 36.1 Å². The fourth-order valence-electron chi connectivity index (χ4n) is 3.56. The van der Waals surface area contributed by atoms with Crippen LogP contribution >= 0.6 is 0 Å². The monoisotopic (exact) mass is 460 g/mol. The molecule has 2 atom stereocenters. The molecule has 0 spiro atoms. The van der Waals surface area contributed by atoms with Crippen LogP contribution in [-0.2, 0) is 9.47 Å². The first-order chi connectivity index (χ1) is 15.6. The number of hydrogen-bond acceptors (Lipinski definition) is 10. The molecule has 1 aliphatic rings. The number of ether oxygens (including phenoxy) is 2. The van der Waals surface area contributed by atoms with Crippen LogP contribution in [0.3, 0.4) is 0 Å². The van der Waals surface area contributed by atoms with E-state index in [0.717, 1.165) is 25.7 Å². The van der Waals surface area contributed by atoms with Gasteiger partial charge >= 0.3 is 12.1 Å². The number of anilines is 1. The van der Waals surface area contributed by atoms with Crippen molar-refractivity contribution in [3.63, 3.8) is 0 Å². The van der Waals surface area contributed by atoms with E-state index in [9.17, 15) is 14.4 Å². The van der Waals surface area contributed by atoms with Crippen molar-refractivity contribution in [2.24, 2.45) is 10.7 Å². The number of carbonyl (C=O) groups is 3. The second-order valence-corrected chi connectivity index (χ2v) is 8.56. The number of nitrogens with zero attached hydrogens (tertiary/aromatic N) is 3. The number of aliphatic imine (C=N–C) groups is 1. The van der Waals surface area contributed by atoms with Crippen LogP contribution in [0.2, 0.25) is 0 Å². The zero-order valence-electron chi connectivity index (χ0n) is 19.7. The molecule has 0 aromatic carbocycles. The fraction of sp³-hybridized carbons (Fsp3) is 0.545. The van der Waals surface area contributed by atoms with Crippen LogP contribution in [0.15, 0.2) is 11.2 Å². The minimum atomic E-state index is -0.773. The highest BCUT2D eigenvalue weighted by Crippen LogP contribution is 2.25. The topological polar surface area (TPSA) is 158 Å². The molecule has 11 nitrogen and oxygen atoms in total. The van der Waals surface area contributed by atoms with Gasteiger partial charge in [0.2, 0.25) is 5.95 Å². The molecule has 0 aliphatic heterocycles. The number of rotatable bonds is 7. The smallest absolute Gasteiger partial charge is 0.407 e. The van der Waals surface area contributed by atoms with E-state index >= 15 is 0 Å². The molecule has 1 saturated carbocycles. The first-order valence-corrected chi connectivity index (χ1v) is 10.7. The Morgan fingerprint density at radius 2 is 1.85 bits per heavy atom. The number of aldehydes is 1. The van der Waals surface area contributed by atoms with Gasteiger partial charge in [0, 0.05) is 31.1 Å². The predicted octanol–water partition coefficient (Wildman–Crippen LogP) is 2.32. The lowest BCUT2D eigenvalue weighted by molar-refractivity contribution is 0.0487. The summed E-state index contributed by atoms with van der Waals surface area (Å²) < 4.78 is 10.2. The van der Waals surface area contributed by atoms with Gasteiger partial charge in [-0.05, 0) is 33.6 Å². The molecule has 180 valence electrons. The number of alkyl carbamates (subject to hydrolysis) is 1. The Balaban J connectivity index is 2.41. The molecule has 1 aromatic rings. The number of esters is 1. The highest BCUT2D eigenvalue weighted by molar-refractivity contribution is 6.14. The van der Waals surface area contributed by atoms with Gasteiger partial charge in [0.25, 0.3) is 0 Å². The summed E-state index contributed by atoms with van der Waals surface area (Å²) in [5.74, 6) is -0.656. The van der Waals surface area contributed by atoms with E-state index in [0.29, 0.717) is 11.9 Å². The maximum atomic E-state index is 12.4. The highest BCUT2D eigenvalue weighted by Gasteiger charge is 2.30. The number of amides is 1. The van der Waals surface area contributed by atoms with Crippen molar-refractivity contribution in [2.45, 2.75) is 64.1 Å². The van der Waals surface area contributed by atoms with Crippen molar-refractivity contribution in [3.05, 3.63) is 23.2 Å². The average Bonchev–Trinajstić information content (AvgIpc) is 2.76. The third kappa shape index (κ3) is 6.99. The molecule has 1 aromatic heterocycles. The van der Waals surface area contributed by atoms with E-state index in [1.54, 1.807) is 20.8 Å². The molecule has 2 rings (SSSR count). The Hall–Kier alpha value is -3.50. The molecular weight excluding hydrogens is 428 g/mol. The largest absolute Gasteiger partial charge is 0.465 e. The number of allylic oxidation sites excluding steroid dienone is 1. The van der Waals surface area contributed by atoms with Crippen molar-refractivity contribution in [1.82, 2.24) is 15.3 Å². The van der Waals surface area contributed by atoms with Gasteiger partial charge in [-0.15, -0.1) is 0 Å². The maximum Gasteiger partial charge on any atom is 0.407 e. The molecule has 0 saturated heterocycles. The summed E-state index contributed by atoms with van der Waals surface area (Å²) >= 11 is 0. The van der Waals surface area contributed by atoms with E-state index in [1.165, 1.54) is 26.6 Å². The molecule has 1 amide bonds. The molecule has 11 heteroatoms. The second kappa shape index (κ2) is 11.4. The van der Waals surface area contributed by atoms with Crippen molar-refractivity contribution in [2.75, 3.05) is 19.5 Å². The van der Waals surface area contributed by atoms with Gasteiger partial charge in [0.05, 0.1) is 18.8 Å². The van der Waals surface area contributed by atoms with Gasteiger partial charge in [-0.25, -0.2) is 19.6 Å². The van der Waals surface area contributed by atoms with E-state index in [2.05, 4.69) is 25.6 Å². The van der Waals surface area contributed by atoms with E-state index in [1.807, 2.05) is 0 Å². The molecule has 1 fully saturated rings. The van der Waals surface area contributed by atoms with E-state index < -0.39 is 17.7 Å². The number of nitrogens with two attached hydrogens (primary N) is 1. The lowest BCUT2D eigenvalue weighted by Crippen LogP contribution is -2.50. The Bertz CT molecular complexity index is 938. The summed E-state index contributed by atoms with van der Waals surface area (Å²) in [6.07, 6.45) is 5.95. The van der Waals surface area contributed by atoms with Gasteiger partial charge in [-0.2, -0.15) is 0 Å². The normalized spacial score (nSPS) is 19.1. The van der Waals surface area contributed by atoms with Crippen molar-refractivity contribution < 1.29 is 23.9 Å². The van der Waals surface area contributed by atoms with Crippen LogP contribution in [0.4, 0.5) is 10.7 Å². The molecule has 0 radical (unpaired) electrons. The van der Waals surface area contributed by atoms with Crippen LogP contribution in [0.1, 0.15) is 73.0 Å². The van der Waals surface area contributed by atoms with Crippen LogP contribution < -0.4 is 16.4 Å². The first kappa shape index (κ1) is 25.8. The van der Waals surface area contributed by atoms with Gasteiger partial charge in [-0.1, -0.05) is 12.8 Å². The zero-order valence-corrected chi connectivity index (χ0v) is 19.7. The molecule has 2 unspecified atom stereocenters. The zero-order chi connectivity index (χ0) is 24.6. The molecule has 1 aliphatic carbocycles. The number of aromatic nitrogens is 2. The Morgan fingerprint density at radius 1 is 1.18 bits per heavy atom. The summed E-state index contributed by atoms with van der Waals surface area (Å²) in [4.78, 5) is 49.0. The van der Waals surface area contributed by atoms with Gasteiger partial charge in [0.15, 0.2) is 6.29 Å². The van der Waals surface area contributed by atoms with Crippen molar-refractivity contribution in [3.8, 4) is 0 Å². The summed E-state index contributed by atoms with van der Waals surface area (Å²) in [7, 11) is 2.73. The summed E-state index contributed by atoms with van der Waals surface area (Å²) in [6, 6.07) is -0.449. The maximum absolute atomic E-state index is 12.4. The Labute approximate surface area is 193 Å². The van der Waals surface area contributed by atoms with Gasteiger partial charge < -0.3 is 25.8 Å². The van der Waals surface area contributed by atoms with Crippen LogP contribution in [0, 0.1) is 0 Å². The van der Waals surface area contributed by atoms with Gasteiger partial charge in [-0.3, -0.25) is 9.79 Å². The number of nitrogens with one attached hydrogen (secondary N) is 2. The summed E-state index contributed by atoms with van der Waals surface area (Å²) in [5.41, 5.74) is 5.28. The SMILES string of the molecule is CN=CC(=CN)c1nc(NC2CCCCC2NC(=O)OC(C)(C)C)nc(C=O)c1C(=O)OC. The molecule has 1 heterocycles. The summed E-state index contributed by atoms with van der Waals surface area (Å²) in [5, 5.41) is 6.11. The quantitative estimate of drug-likeness (QED) is 0.315. The summed E-state index contributed by atoms with van der Waals surface area (Å²) in [6.45, 7) is 5.39. The number of hydrogen-bond donors (Lipinski definition) is 3. The number of carbonyl (C=O) groups excluding carboxylic acids is 3. The van der Waals surface area contributed by atoms with Crippen LogP contribution in [-0.4, -0.2) is 66.4 Å². The number of methoxy groups -OCH3 is 1. The minimum absolute atomic E-state index is 0.110. The second-order valence-electron chi connectivity index (χ2n) is 8.56. The highest BCUT2D eigenvalue weighted by atomic mass is 16.6. The van der Waals surface area contributed by atoms with Gasteiger partial charge in [0.1, 0.15) is 16.9 Å². The predicted molar refractivity (Wildman–Crippen MR) is 124 cm³/mol. The van der Waals surface area contributed by atoms with Crippen molar-refractivity contribution in [1.29, 1.82) is 0 Å². The Morgan fingerprint density at radius 3 is 2.39 bits per heavy atom. The third-order valence-corrected chi connectivity index (χ3v) is 4.94. The minimum Gasteiger partial charge on any atom is -0.465 e. The van der Waals surface area contributed by atoms with E-state index in [-0.39, 0.29) is 35.0 Å². The lowest BCUT2D eigenvalue weighted by Gasteiger charge is -2.33. The molecule has 0 bridgehead atoms. The Kier molecular flexibility index (Phi) is 8.89. The first-order valence-electron chi connectivity index (χ1n) is 10.7. The van der Waals surface area contributed by atoms with E-state index in [4.69, 9.17) is 15.2 Å². The standard InChI is InChI=1S/C22H32N6O5/c1-22(2,3)33-21(31)27-15-9-7-6-8-14(15)25-20-26-16(12-29)17(19(30)32-5)18(28-20)13(10-23)11-24-4/h10-12,14-15H,6-9,23H2,1-5H3,(H,27,31)(H,25,26,28). The lowest BCUT2D eigenvalue weighted by atomic mass is 9.90. The van der Waals surface area contributed by atoms with Crippen LogP contribution in [0.25, 0.3) is 5.57 Å². The van der Waals surface area contributed by atoms with Crippen LogP contribution in [0.5, 0.6) is 0 Å². The fourth-order valence-corrected chi connectivity index (χ4v) is 3.56. The molecular formula is C22H32N6O5. The average molecular weight is 461 g/mol. The molecule has 33 heavy (non-hydrogen) atoms. The molecule has 4 N–H and O–H groups in total. The third-order valence-electron chi connectivity index (χ3n) is 4.94.